The minimum atomic E-state index is -4.30. The quantitative estimate of drug-likeness (QED) is 0.149. The topological polar surface area (TPSA) is 198 Å². The first-order valence-electron chi connectivity index (χ1n) is 8.32. The van der Waals surface area contributed by atoms with Gasteiger partial charge in [-0.25, -0.2) is 19.2 Å². The number of oxime groups is 1. The molecule has 2 aromatic heterocycles. The van der Waals surface area contributed by atoms with Crippen LogP contribution in [0.1, 0.15) is 10.6 Å². The fourth-order valence-corrected chi connectivity index (χ4v) is 4.26. The first-order valence-corrected chi connectivity index (χ1v) is 11.5. The molecule has 0 unspecified atom stereocenters. The fourth-order valence-electron chi connectivity index (χ4n) is 2.38. The first kappa shape index (κ1) is 25.9. The van der Waals surface area contributed by atoms with Gasteiger partial charge in [0.2, 0.25) is 0 Å². The number of likely N-dealkylation sites (tertiary alicyclic amines) is 1. The molecule has 4 amide bonds. The zero-order chi connectivity index (χ0) is 22.8. The Morgan fingerprint density at radius 1 is 1.41 bits per heavy atom. The zero-order valence-electron chi connectivity index (χ0n) is 16.0. The van der Waals surface area contributed by atoms with Gasteiger partial charge in [-0.1, -0.05) is 5.16 Å². The van der Waals surface area contributed by atoms with Gasteiger partial charge in [0.25, 0.3) is 11.8 Å². The third-order valence-electron chi connectivity index (χ3n) is 3.73. The molecule has 0 bridgehead atoms. The monoisotopic (exact) mass is 512 g/mol. The van der Waals surface area contributed by atoms with Gasteiger partial charge in [0.1, 0.15) is 18.8 Å². The predicted molar refractivity (Wildman–Crippen MR) is 119 cm³/mol. The Bertz CT molecular complexity index is 1160. The Balaban J connectivity index is 0.00000363. The molecule has 1 saturated heterocycles. The average Bonchev–Trinajstić information content (AvgIpc) is 3.29. The number of anilines is 2. The van der Waals surface area contributed by atoms with Gasteiger partial charge in [-0.3, -0.25) is 14.5 Å². The number of hydrogen-bond donors (Lipinski definition) is 4. The van der Waals surface area contributed by atoms with E-state index < -0.39 is 34.1 Å². The second-order valence-corrected chi connectivity index (χ2v) is 9.32. The number of nitrogens with zero attached hydrogens (tertiary/aromatic N) is 4. The summed E-state index contributed by atoms with van der Waals surface area (Å²) in [4.78, 5) is 46.7. The number of aryl methyl sites for hydroxylation is 1. The number of nitrogens with one attached hydrogen (secondary N) is 3. The van der Waals surface area contributed by atoms with Crippen LogP contribution in [0.5, 0.6) is 0 Å². The van der Waals surface area contributed by atoms with E-state index in [2.05, 4.69) is 29.4 Å². The van der Waals surface area contributed by atoms with Crippen molar-refractivity contribution in [1.29, 1.82) is 0 Å². The molecule has 14 nitrogen and oxygen atoms in total. The number of thiazole rings is 1. The molecule has 3 heterocycles. The van der Waals surface area contributed by atoms with E-state index in [1.165, 1.54) is 18.6 Å². The summed E-state index contributed by atoms with van der Waals surface area (Å²) in [5, 5.41) is 7.65. The van der Waals surface area contributed by atoms with E-state index in [0.29, 0.717) is 4.90 Å². The molecule has 18 heteroatoms. The van der Waals surface area contributed by atoms with E-state index in [4.69, 9.17) is 5.73 Å². The van der Waals surface area contributed by atoms with E-state index in [9.17, 15) is 22.8 Å². The number of carbonyl (C=O) groups excluding carboxylic acids is 3. The van der Waals surface area contributed by atoms with E-state index in [-0.39, 0.29) is 58.5 Å². The maximum absolute atomic E-state index is 12.4. The number of imide groups is 1. The van der Waals surface area contributed by atoms with Crippen LogP contribution >= 0.6 is 22.9 Å². The number of nitrogens with two attached hydrogens (primary N) is 1. The Morgan fingerprint density at radius 2 is 2.12 bits per heavy atom. The first-order chi connectivity index (χ1) is 14.6. The summed E-state index contributed by atoms with van der Waals surface area (Å²) in [7, 11) is -3.07. The second-order valence-electron chi connectivity index (χ2n) is 6.00. The summed E-state index contributed by atoms with van der Waals surface area (Å²) in [6.07, 6.45) is 0. The van der Waals surface area contributed by atoms with Gasteiger partial charge in [-0.15, -0.1) is 11.3 Å². The van der Waals surface area contributed by atoms with Crippen LogP contribution in [0.4, 0.5) is 15.7 Å². The summed E-state index contributed by atoms with van der Waals surface area (Å²) < 4.78 is 31.7. The number of carbonyl (C=O) groups is 3. The molecule has 0 aromatic carbocycles. The molecule has 1 atom stereocenters. The van der Waals surface area contributed by atoms with Gasteiger partial charge in [-0.2, -0.15) is 12.8 Å². The zero-order valence-corrected chi connectivity index (χ0v) is 18.4. The second kappa shape index (κ2) is 10.5. The summed E-state index contributed by atoms with van der Waals surface area (Å²) in [5.41, 5.74) is 5.48. The Kier molecular flexibility index (Phi) is 8.54. The van der Waals surface area contributed by atoms with Crippen molar-refractivity contribution in [3.8, 4) is 0 Å². The van der Waals surface area contributed by atoms with Crippen molar-refractivity contribution in [3.63, 3.8) is 0 Å². The summed E-state index contributed by atoms with van der Waals surface area (Å²) in [6, 6.07) is -0.759. The molecule has 2 aromatic rings. The van der Waals surface area contributed by atoms with Crippen molar-refractivity contribution in [2.45, 2.75) is 13.0 Å². The number of hydrogen-bond acceptors (Lipinski definition) is 12. The molecule has 0 radical (unpaired) electrons. The number of nitrogen functional groups attached to an aromatic ring is 1. The van der Waals surface area contributed by atoms with Gasteiger partial charge in [0.15, 0.2) is 16.7 Å². The molecule has 5 N–H and O–H groups in total. The fraction of sp³-hybridized carbons (Fsp3) is 0.286. The third kappa shape index (κ3) is 6.14. The van der Waals surface area contributed by atoms with Crippen LogP contribution in [0.15, 0.2) is 16.6 Å². The Labute approximate surface area is 212 Å². The summed E-state index contributed by atoms with van der Waals surface area (Å²) in [5.74, 6) is -1.55. The molecule has 3 rings (SSSR count). The Hall–Kier alpha value is -2.31. The van der Waals surface area contributed by atoms with Gasteiger partial charge in [0.05, 0.1) is 6.54 Å². The van der Waals surface area contributed by atoms with Gasteiger partial charge >= 0.3 is 45.8 Å². The molecule has 1 fully saturated rings. The van der Waals surface area contributed by atoms with Crippen LogP contribution in [0, 0.1) is 6.92 Å². The van der Waals surface area contributed by atoms with Crippen molar-refractivity contribution in [2.24, 2.45) is 5.16 Å². The number of amides is 4. The molecular formula is C14H17N8NaO6S3. The molecule has 1 aliphatic rings. The van der Waals surface area contributed by atoms with Gasteiger partial charge < -0.3 is 15.9 Å². The van der Waals surface area contributed by atoms with E-state index in [0.717, 1.165) is 27.7 Å². The SMILES string of the molecule is CO/N=C(\C(=O)N[C@H]1CN(C(=O)NS(=O)(=O)Nc2cc(C)sn2)C1=O)c1csc(N)n1.[NaH]. The molecule has 0 aliphatic carbocycles. The van der Waals surface area contributed by atoms with Crippen LogP contribution in [-0.4, -0.2) is 95.5 Å². The van der Waals surface area contributed by atoms with Crippen LogP contribution in [0.25, 0.3) is 0 Å². The summed E-state index contributed by atoms with van der Waals surface area (Å²) in [6.45, 7) is 1.48. The number of urea groups is 1. The van der Waals surface area contributed by atoms with E-state index in [1.807, 2.05) is 0 Å². The predicted octanol–water partition coefficient (Wildman–Crippen LogP) is -1.41. The number of rotatable bonds is 7. The van der Waals surface area contributed by atoms with Crippen molar-refractivity contribution in [3.05, 3.63) is 22.0 Å². The van der Waals surface area contributed by atoms with Crippen molar-refractivity contribution >= 4 is 97.1 Å². The van der Waals surface area contributed by atoms with Gasteiger partial charge in [0, 0.05) is 10.3 Å². The number of aromatic nitrogens is 2. The molecule has 0 spiro atoms. The summed E-state index contributed by atoms with van der Waals surface area (Å²) >= 11 is 2.16. The van der Waals surface area contributed by atoms with Crippen molar-refractivity contribution in [1.82, 2.24) is 24.3 Å². The van der Waals surface area contributed by atoms with Crippen LogP contribution in [0.2, 0.25) is 0 Å². The minimum absolute atomic E-state index is 0. The molecule has 1 aliphatic heterocycles. The van der Waals surface area contributed by atoms with Crippen molar-refractivity contribution < 1.29 is 27.6 Å². The van der Waals surface area contributed by atoms with E-state index in [1.54, 1.807) is 11.6 Å². The average molecular weight is 513 g/mol. The molecular weight excluding hydrogens is 495 g/mol. The number of β-lactam (4-membered cyclic amide) rings is 1. The third-order valence-corrected chi connectivity index (χ3v) is 6.02. The molecule has 168 valence electrons. The van der Waals surface area contributed by atoms with Crippen molar-refractivity contribution in [2.75, 3.05) is 24.1 Å². The molecule has 0 saturated carbocycles. The van der Waals surface area contributed by atoms with Gasteiger partial charge in [-0.05, 0) is 24.5 Å². The Morgan fingerprint density at radius 3 is 2.66 bits per heavy atom. The van der Waals surface area contributed by atoms with Crippen LogP contribution in [-0.2, 0) is 24.6 Å². The van der Waals surface area contributed by atoms with Crippen LogP contribution in [0.3, 0.4) is 0 Å². The maximum atomic E-state index is 12.4. The molecule has 32 heavy (non-hydrogen) atoms. The van der Waals surface area contributed by atoms with Crippen LogP contribution < -0.4 is 20.5 Å². The standard InChI is InChI=1S/C14H16N8O6S3.Na.H/c1-6-3-9(19-30-6)20-31(26,27)21-14(25)22-4-7(12(22)24)16-11(23)10(18-28-2)8-5-29-13(15)17-8;;/h3,5,7H,4H2,1-2H3,(H2,15,17)(H,16,23)(H,19,20)(H,21,25);;/b18-10-;;/t7-;;/m0../s1. The van der Waals surface area contributed by atoms with E-state index >= 15 is 0 Å². The normalized spacial score (nSPS) is 15.9.